The molecule has 15 heteroatoms. The fraction of sp³-hybridized carbons (Fsp3) is 0.467. The molecule has 1 unspecified atom stereocenters. The molecule has 45 heavy (non-hydrogen) atoms. The Hall–Kier alpha value is -3.79. The van der Waals surface area contributed by atoms with Gasteiger partial charge in [0.15, 0.2) is 5.82 Å². The van der Waals surface area contributed by atoms with Gasteiger partial charge in [0.1, 0.15) is 18.0 Å². The first-order valence-corrected chi connectivity index (χ1v) is 16.1. The number of carbonyl (C=O) groups excluding carboxylic acids is 2. The van der Waals surface area contributed by atoms with Gasteiger partial charge in [-0.25, -0.2) is 10.4 Å². The molecule has 5 heterocycles. The molecule has 12 nitrogen and oxygen atoms in total. The van der Waals surface area contributed by atoms with E-state index in [1.165, 1.54) is 22.5 Å². The Labute approximate surface area is 264 Å². The van der Waals surface area contributed by atoms with E-state index in [1.54, 1.807) is 41.8 Å². The zero-order valence-corrected chi connectivity index (χ0v) is 25.9. The van der Waals surface area contributed by atoms with Crippen LogP contribution >= 0.6 is 11.8 Å². The number of piperidine rings is 1. The molecular weight excluding hydrogens is 606 g/mol. The maximum Gasteiger partial charge on any atom is 0.387 e. The van der Waals surface area contributed by atoms with Crippen LogP contribution in [0.2, 0.25) is 0 Å². The Kier molecular flexibility index (Phi) is 9.49. The summed E-state index contributed by atoms with van der Waals surface area (Å²) in [5.74, 6) is -0.181. The number of nitrogens with one attached hydrogen (secondary N) is 2. The Balaban J connectivity index is 1.24. The summed E-state index contributed by atoms with van der Waals surface area (Å²) in [6.07, 6.45) is 11.3. The third-order valence-electron chi connectivity index (χ3n) is 8.56. The molecule has 0 radical (unpaired) electrons. The van der Waals surface area contributed by atoms with Crippen LogP contribution in [-0.4, -0.2) is 107 Å². The highest BCUT2D eigenvalue weighted by Crippen LogP contribution is 2.38. The standard InChI is InChI=1S/C30H36F2N8O4S/c1-37(20-8-13-43-18-20)19-6-11-38(12-7-19)26(41)17-39-16-24(35-29(42)23-15-34-40-10-3-9-33-28(23)40)27(36-39)22-14-21(45-2)4-5-25(22)44-30(31)32/h3-5,9-10,14,16,19-20,30,34H,6-8,11-13,15,17-18H2,1-2H3,(H,35,42). The van der Waals surface area contributed by atoms with Crippen molar-refractivity contribution in [1.82, 2.24) is 30.0 Å². The summed E-state index contributed by atoms with van der Waals surface area (Å²) in [4.78, 5) is 36.2. The van der Waals surface area contributed by atoms with Crippen LogP contribution in [0.3, 0.4) is 0 Å². The van der Waals surface area contributed by atoms with E-state index in [0.717, 1.165) is 37.4 Å². The van der Waals surface area contributed by atoms with E-state index in [0.29, 0.717) is 36.6 Å². The summed E-state index contributed by atoms with van der Waals surface area (Å²) in [5, 5.41) is 9.17. The number of rotatable bonds is 10. The molecule has 0 saturated carbocycles. The van der Waals surface area contributed by atoms with E-state index in [-0.39, 0.29) is 41.7 Å². The summed E-state index contributed by atoms with van der Waals surface area (Å²) < 4.78 is 38.6. The van der Waals surface area contributed by atoms with Gasteiger partial charge in [-0.05, 0) is 56.8 Å². The van der Waals surface area contributed by atoms with Gasteiger partial charge in [-0.1, -0.05) is 0 Å². The van der Waals surface area contributed by atoms with E-state index in [9.17, 15) is 18.4 Å². The lowest BCUT2D eigenvalue weighted by molar-refractivity contribution is -0.133. The van der Waals surface area contributed by atoms with E-state index in [1.807, 2.05) is 11.2 Å². The first-order valence-electron chi connectivity index (χ1n) is 14.9. The van der Waals surface area contributed by atoms with Gasteiger partial charge in [0.25, 0.3) is 5.91 Å². The van der Waals surface area contributed by atoms with Crippen LogP contribution in [0, 0.1) is 0 Å². The lowest BCUT2D eigenvalue weighted by Gasteiger charge is -2.39. The molecule has 0 aliphatic carbocycles. The van der Waals surface area contributed by atoms with Gasteiger partial charge < -0.3 is 19.7 Å². The summed E-state index contributed by atoms with van der Waals surface area (Å²) in [6.45, 7) is -0.118. The van der Waals surface area contributed by atoms with Gasteiger partial charge in [0.05, 0.1) is 17.9 Å². The Bertz CT molecular complexity index is 1520. The molecule has 1 aromatic carbocycles. The Morgan fingerprint density at radius 2 is 2.07 bits per heavy atom. The van der Waals surface area contributed by atoms with Crippen molar-refractivity contribution in [2.45, 2.75) is 49.4 Å². The number of aromatic nitrogens is 2. The van der Waals surface area contributed by atoms with Crippen LogP contribution in [0.4, 0.5) is 14.5 Å². The number of aliphatic imine (C=N–C) groups is 1. The number of amides is 2. The summed E-state index contributed by atoms with van der Waals surface area (Å²) in [6, 6.07) is 5.61. The van der Waals surface area contributed by atoms with Crippen molar-refractivity contribution in [3.8, 4) is 17.0 Å². The van der Waals surface area contributed by atoms with Crippen molar-refractivity contribution in [1.29, 1.82) is 0 Å². The van der Waals surface area contributed by atoms with Crippen molar-refractivity contribution in [3.63, 3.8) is 0 Å². The predicted molar refractivity (Wildman–Crippen MR) is 166 cm³/mol. The minimum Gasteiger partial charge on any atom is -0.434 e. The van der Waals surface area contributed by atoms with E-state index in [4.69, 9.17) is 9.47 Å². The number of hydrogen-bond donors (Lipinski definition) is 2. The average Bonchev–Trinajstić information content (AvgIpc) is 3.81. The molecule has 240 valence electrons. The van der Waals surface area contributed by atoms with Gasteiger partial charge in [-0.2, -0.15) is 13.9 Å². The van der Waals surface area contributed by atoms with Crippen LogP contribution in [0.25, 0.3) is 11.3 Å². The Morgan fingerprint density at radius 3 is 2.80 bits per heavy atom. The molecule has 2 fully saturated rings. The SMILES string of the molecule is CSc1ccc(OC(F)F)c(-c2nn(CC(=O)N3CCC(N(C)C4CCOC4)CC3)cc2NC(=O)C2=C3N=CC=CN3NC2)c1. The van der Waals surface area contributed by atoms with Crippen molar-refractivity contribution < 1.29 is 27.8 Å². The molecule has 2 amide bonds. The van der Waals surface area contributed by atoms with Gasteiger partial charge in [-0.3, -0.25) is 24.2 Å². The van der Waals surface area contributed by atoms with Crippen LogP contribution in [0.15, 0.2) is 58.0 Å². The van der Waals surface area contributed by atoms with E-state index >= 15 is 0 Å². The van der Waals surface area contributed by atoms with Crippen LogP contribution in [-0.2, 0) is 20.9 Å². The van der Waals surface area contributed by atoms with Crippen LogP contribution in [0.5, 0.6) is 5.75 Å². The van der Waals surface area contributed by atoms with Crippen molar-refractivity contribution >= 4 is 35.5 Å². The largest absolute Gasteiger partial charge is 0.434 e. The predicted octanol–water partition coefficient (Wildman–Crippen LogP) is 3.15. The number of nitrogens with zero attached hydrogens (tertiary/aromatic N) is 6. The highest BCUT2D eigenvalue weighted by Gasteiger charge is 2.32. The fourth-order valence-corrected chi connectivity index (χ4v) is 6.50. The monoisotopic (exact) mass is 642 g/mol. The number of fused-ring (bicyclic) bond motifs is 1. The smallest absolute Gasteiger partial charge is 0.387 e. The highest BCUT2D eigenvalue weighted by atomic mass is 32.2. The zero-order chi connectivity index (χ0) is 31.5. The summed E-state index contributed by atoms with van der Waals surface area (Å²) in [5.41, 5.74) is 4.20. The number of hydrazine groups is 1. The third kappa shape index (κ3) is 6.90. The first-order chi connectivity index (χ1) is 21.8. The summed E-state index contributed by atoms with van der Waals surface area (Å²) >= 11 is 1.42. The topological polar surface area (TPSA) is 117 Å². The molecule has 6 rings (SSSR count). The van der Waals surface area contributed by atoms with E-state index in [2.05, 4.69) is 32.8 Å². The quantitative estimate of drug-likeness (QED) is 0.377. The van der Waals surface area contributed by atoms with Crippen LogP contribution in [0.1, 0.15) is 19.3 Å². The van der Waals surface area contributed by atoms with Gasteiger partial charge in [0, 0.05) is 67.4 Å². The zero-order valence-electron chi connectivity index (χ0n) is 25.1. The maximum absolute atomic E-state index is 13.5. The minimum absolute atomic E-state index is 0.0779. The number of hydrogen-bond acceptors (Lipinski definition) is 10. The molecule has 0 bridgehead atoms. The van der Waals surface area contributed by atoms with Crippen molar-refractivity contribution in [2.75, 3.05) is 51.5 Å². The molecule has 2 N–H and O–H groups in total. The number of benzene rings is 1. The molecule has 4 aliphatic heterocycles. The first kappa shape index (κ1) is 31.2. The molecule has 2 aromatic rings. The molecular formula is C30H36F2N8O4S. The third-order valence-corrected chi connectivity index (χ3v) is 9.28. The number of likely N-dealkylation sites (N-methyl/N-ethyl adjacent to an activating group) is 1. The molecule has 0 spiro atoms. The van der Waals surface area contributed by atoms with Gasteiger partial charge in [-0.15, -0.1) is 11.8 Å². The number of anilines is 1. The number of likely N-dealkylation sites (tertiary alicyclic amines) is 1. The average molecular weight is 643 g/mol. The number of carbonyl (C=O) groups is 2. The number of thioether (sulfide) groups is 1. The molecule has 1 atom stereocenters. The van der Waals surface area contributed by atoms with Crippen molar-refractivity contribution in [2.24, 2.45) is 4.99 Å². The number of halogens is 2. The lowest BCUT2D eigenvalue weighted by atomic mass is 10.0. The summed E-state index contributed by atoms with van der Waals surface area (Å²) in [7, 11) is 2.13. The molecule has 4 aliphatic rings. The van der Waals surface area contributed by atoms with E-state index < -0.39 is 12.5 Å². The lowest BCUT2D eigenvalue weighted by Crippen LogP contribution is -2.49. The second kappa shape index (κ2) is 13.7. The van der Waals surface area contributed by atoms with Crippen LogP contribution < -0.4 is 15.5 Å². The highest BCUT2D eigenvalue weighted by molar-refractivity contribution is 7.98. The molecule has 2 saturated heterocycles. The van der Waals surface area contributed by atoms with Crippen molar-refractivity contribution in [3.05, 3.63) is 48.1 Å². The van der Waals surface area contributed by atoms with Gasteiger partial charge in [0.2, 0.25) is 5.91 Å². The minimum atomic E-state index is -3.06. The Morgan fingerprint density at radius 1 is 1.24 bits per heavy atom. The number of allylic oxidation sites excluding steroid dienone is 1. The number of ether oxygens (including phenoxy) is 2. The van der Waals surface area contributed by atoms with Gasteiger partial charge >= 0.3 is 6.61 Å². The maximum atomic E-state index is 13.5. The molecule has 1 aromatic heterocycles. The normalized spacial score (nSPS) is 20.1. The number of alkyl halides is 2. The fourth-order valence-electron chi connectivity index (χ4n) is 6.06. The second-order valence-corrected chi connectivity index (χ2v) is 12.1. The second-order valence-electron chi connectivity index (χ2n) is 11.2.